The van der Waals surface area contributed by atoms with Gasteiger partial charge in [0.15, 0.2) is 0 Å². The van der Waals surface area contributed by atoms with E-state index in [-0.39, 0.29) is 0 Å². The molecule has 1 N–H and O–H groups in total. The second-order valence-corrected chi connectivity index (χ2v) is 6.87. The fraction of sp³-hybridized carbons (Fsp3) is 0.647. The molecule has 1 aromatic rings. The van der Waals surface area contributed by atoms with Gasteiger partial charge in [0.25, 0.3) is 0 Å². The van der Waals surface area contributed by atoms with E-state index in [1.807, 2.05) is 0 Å². The van der Waals surface area contributed by atoms with E-state index in [9.17, 15) is 0 Å². The average Bonchev–Trinajstić information content (AvgIpc) is 3.00. The van der Waals surface area contributed by atoms with Gasteiger partial charge in [-0.2, -0.15) is 0 Å². The number of aryl methyl sites for hydroxylation is 2. The number of anilines is 1. The van der Waals surface area contributed by atoms with Gasteiger partial charge in [-0.25, -0.2) is 0 Å². The summed E-state index contributed by atoms with van der Waals surface area (Å²) in [5.41, 5.74) is 5.96. The van der Waals surface area contributed by atoms with Gasteiger partial charge in [0.2, 0.25) is 0 Å². The Morgan fingerprint density at radius 2 is 2.00 bits per heavy atom. The van der Waals surface area contributed by atoms with Crippen LogP contribution in [0.15, 0.2) is 12.1 Å². The molecular formula is C17H23N. The Hall–Kier alpha value is -0.980. The van der Waals surface area contributed by atoms with Crippen LogP contribution in [0.1, 0.15) is 48.3 Å². The Morgan fingerprint density at radius 3 is 2.72 bits per heavy atom. The SMILES string of the molecule is Cc1cc(C)c2c(c1)C(C1CC3CCC1C3)CN2. The van der Waals surface area contributed by atoms with Crippen LogP contribution in [0.25, 0.3) is 0 Å². The Balaban J connectivity index is 1.70. The van der Waals surface area contributed by atoms with Crippen LogP contribution in [-0.4, -0.2) is 6.54 Å². The molecule has 0 amide bonds. The standard InChI is InChI=1S/C17H23N/c1-10-5-11(2)17-15(6-10)16(9-18-17)14-8-12-3-4-13(14)7-12/h5-6,12-14,16,18H,3-4,7-9H2,1-2H3. The first-order chi connectivity index (χ1) is 8.72. The highest BCUT2D eigenvalue weighted by Gasteiger charge is 2.45. The number of rotatable bonds is 1. The first-order valence-electron chi connectivity index (χ1n) is 7.57. The lowest BCUT2D eigenvalue weighted by atomic mass is 9.76. The summed E-state index contributed by atoms with van der Waals surface area (Å²) in [5, 5.41) is 3.68. The normalized spacial score (nSPS) is 36.8. The van der Waals surface area contributed by atoms with Crippen LogP contribution in [0.5, 0.6) is 0 Å². The molecule has 2 aliphatic carbocycles. The molecule has 0 saturated heterocycles. The summed E-state index contributed by atoms with van der Waals surface area (Å²) < 4.78 is 0. The van der Waals surface area contributed by atoms with Crippen LogP contribution >= 0.6 is 0 Å². The predicted molar refractivity (Wildman–Crippen MR) is 76.1 cm³/mol. The van der Waals surface area contributed by atoms with Crippen molar-refractivity contribution in [1.82, 2.24) is 0 Å². The number of hydrogen-bond donors (Lipinski definition) is 1. The van der Waals surface area contributed by atoms with Gasteiger partial charge in [-0.1, -0.05) is 24.1 Å². The molecule has 4 unspecified atom stereocenters. The van der Waals surface area contributed by atoms with Crippen LogP contribution in [0.3, 0.4) is 0 Å². The number of nitrogens with one attached hydrogen (secondary N) is 1. The molecule has 2 bridgehead atoms. The fourth-order valence-electron chi connectivity index (χ4n) is 5.03. The molecule has 1 heteroatoms. The zero-order valence-electron chi connectivity index (χ0n) is 11.5. The van der Waals surface area contributed by atoms with E-state index < -0.39 is 0 Å². The maximum Gasteiger partial charge on any atom is 0.0406 e. The van der Waals surface area contributed by atoms with E-state index in [4.69, 9.17) is 0 Å². The molecule has 1 aromatic carbocycles. The molecule has 1 heterocycles. The Morgan fingerprint density at radius 1 is 1.11 bits per heavy atom. The van der Waals surface area contributed by atoms with Gasteiger partial charge >= 0.3 is 0 Å². The topological polar surface area (TPSA) is 12.0 Å². The van der Waals surface area contributed by atoms with Crippen LogP contribution in [-0.2, 0) is 0 Å². The van der Waals surface area contributed by atoms with Crippen molar-refractivity contribution in [1.29, 1.82) is 0 Å². The minimum atomic E-state index is 0.800. The van der Waals surface area contributed by atoms with Gasteiger partial charge in [0, 0.05) is 18.2 Å². The smallest absolute Gasteiger partial charge is 0.0406 e. The second-order valence-electron chi connectivity index (χ2n) is 6.87. The number of benzene rings is 1. The summed E-state index contributed by atoms with van der Waals surface area (Å²) >= 11 is 0. The molecule has 3 aliphatic rings. The highest BCUT2D eigenvalue weighted by molar-refractivity contribution is 5.64. The van der Waals surface area contributed by atoms with Crippen molar-refractivity contribution in [2.75, 3.05) is 11.9 Å². The Labute approximate surface area is 110 Å². The molecule has 4 rings (SSSR count). The Kier molecular flexibility index (Phi) is 2.27. The van der Waals surface area contributed by atoms with Crippen molar-refractivity contribution < 1.29 is 0 Å². The molecule has 0 spiro atoms. The van der Waals surface area contributed by atoms with E-state index in [2.05, 4.69) is 31.3 Å². The minimum absolute atomic E-state index is 0.800. The summed E-state index contributed by atoms with van der Waals surface area (Å²) in [6.07, 6.45) is 6.05. The maximum absolute atomic E-state index is 3.68. The van der Waals surface area contributed by atoms with Crippen LogP contribution in [0.4, 0.5) is 5.69 Å². The first-order valence-corrected chi connectivity index (χ1v) is 7.57. The van der Waals surface area contributed by atoms with Crippen molar-refractivity contribution in [3.8, 4) is 0 Å². The van der Waals surface area contributed by atoms with Crippen molar-refractivity contribution in [3.05, 3.63) is 28.8 Å². The molecule has 1 aliphatic heterocycles. The quantitative estimate of drug-likeness (QED) is 0.775. The molecule has 0 radical (unpaired) electrons. The molecule has 0 aromatic heterocycles. The van der Waals surface area contributed by atoms with E-state index >= 15 is 0 Å². The van der Waals surface area contributed by atoms with Gasteiger partial charge in [0.05, 0.1) is 0 Å². The molecule has 1 nitrogen and oxygen atoms in total. The lowest BCUT2D eigenvalue weighted by Crippen LogP contribution is -2.20. The van der Waals surface area contributed by atoms with E-state index in [0.29, 0.717) is 0 Å². The zero-order chi connectivity index (χ0) is 12.3. The second kappa shape index (κ2) is 3.76. The zero-order valence-corrected chi connectivity index (χ0v) is 11.5. The Bertz CT molecular complexity index is 491. The molecular weight excluding hydrogens is 218 g/mol. The highest BCUT2D eigenvalue weighted by atomic mass is 14.9. The van der Waals surface area contributed by atoms with Gasteiger partial charge in [-0.3, -0.25) is 0 Å². The highest BCUT2D eigenvalue weighted by Crippen LogP contribution is 2.55. The van der Waals surface area contributed by atoms with Gasteiger partial charge in [-0.05, 0) is 62.0 Å². The summed E-state index contributed by atoms with van der Waals surface area (Å²) in [6, 6.07) is 4.76. The molecule has 2 fully saturated rings. The van der Waals surface area contributed by atoms with Gasteiger partial charge < -0.3 is 5.32 Å². The van der Waals surface area contributed by atoms with Crippen molar-refractivity contribution in [2.24, 2.45) is 17.8 Å². The monoisotopic (exact) mass is 241 g/mol. The molecule has 2 saturated carbocycles. The van der Waals surface area contributed by atoms with Crippen molar-refractivity contribution in [3.63, 3.8) is 0 Å². The summed E-state index contributed by atoms with van der Waals surface area (Å²) in [6.45, 7) is 5.68. The minimum Gasteiger partial charge on any atom is -0.384 e. The van der Waals surface area contributed by atoms with E-state index in [1.54, 1.807) is 5.56 Å². The lowest BCUT2D eigenvalue weighted by Gasteiger charge is -2.27. The first kappa shape index (κ1) is 10.9. The third kappa shape index (κ3) is 1.46. The van der Waals surface area contributed by atoms with Gasteiger partial charge in [0.1, 0.15) is 0 Å². The molecule has 18 heavy (non-hydrogen) atoms. The fourth-order valence-corrected chi connectivity index (χ4v) is 5.03. The lowest BCUT2D eigenvalue weighted by molar-refractivity contribution is 0.292. The summed E-state index contributed by atoms with van der Waals surface area (Å²) in [7, 11) is 0. The molecule has 96 valence electrons. The van der Waals surface area contributed by atoms with E-state index in [0.717, 1.165) is 23.7 Å². The molecule has 4 atom stereocenters. The van der Waals surface area contributed by atoms with Crippen molar-refractivity contribution in [2.45, 2.75) is 45.4 Å². The largest absolute Gasteiger partial charge is 0.384 e. The summed E-state index contributed by atoms with van der Waals surface area (Å²) in [5.74, 6) is 3.87. The van der Waals surface area contributed by atoms with Crippen LogP contribution in [0.2, 0.25) is 0 Å². The van der Waals surface area contributed by atoms with Gasteiger partial charge in [-0.15, -0.1) is 0 Å². The third-order valence-corrected chi connectivity index (χ3v) is 5.72. The van der Waals surface area contributed by atoms with E-state index in [1.165, 1.54) is 49.0 Å². The predicted octanol–water partition coefficient (Wildman–Crippen LogP) is 4.25. The van der Waals surface area contributed by atoms with Crippen molar-refractivity contribution >= 4 is 5.69 Å². The maximum atomic E-state index is 3.68. The average molecular weight is 241 g/mol. The van der Waals surface area contributed by atoms with Crippen LogP contribution < -0.4 is 5.32 Å². The van der Waals surface area contributed by atoms with Crippen LogP contribution in [0, 0.1) is 31.6 Å². The number of hydrogen-bond acceptors (Lipinski definition) is 1. The number of fused-ring (bicyclic) bond motifs is 3. The summed E-state index contributed by atoms with van der Waals surface area (Å²) in [4.78, 5) is 0. The third-order valence-electron chi connectivity index (χ3n) is 5.72.